The van der Waals surface area contributed by atoms with E-state index >= 15 is 0 Å². The standard InChI is InChI=1S/C6H12N2O2/c1-8(4-6(9)10)5-2-7-3-5/h5,7H,2-4H2,1H3,(H,9,10). The van der Waals surface area contributed by atoms with E-state index in [-0.39, 0.29) is 6.54 Å². The van der Waals surface area contributed by atoms with Gasteiger partial charge in [0.2, 0.25) is 0 Å². The third-order valence-corrected chi connectivity index (χ3v) is 1.77. The Morgan fingerprint density at radius 2 is 2.40 bits per heavy atom. The molecular formula is C6H12N2O2. The molecule has 2 N–H and O–H groups in total. The van der Waals surface area contributed by atoms with Crippen molar-refractivity contribution in [2.24, 2.45) is 0 Å². The van der Waals surface area contributed by atoms with Crippen molar-refractivity contribution >= 4 is 5.97 Å². The number of rotatable bonds is 3. The van der Waals surface area contributed by atoms with E-state index in [0.29, 0.717) is 6.04 Å². The van der Waals surface area contributed by atoms with Crippen molar-refractivity contribution in [3.05, 3.63) is 0 Å². The van der Waals surface area contributed by atoms with Gasteiger partial charge in [0, 0.05) is 19.1 Å². The SMILES string of the molecule is CN(CC(=O)O)C1CNC1. The monoisotopic (exact) mass is 144 g/mol. The van der Waals surface area contributed by atoms with Gasteiger partial charge >= 0.3 is 5.97 Å². The lowest BCUT2D eigenvalue weighted by Gasteiger charge is -2.34. The summed E-state index contributed by atoms with van der Waals surface area (Å²) in [5.41, 5.74) is 0. The Labute approximate surface area is 59.8 Å². The van der Waals surface area contributed by atoms with Crippen molar-refractivity contribution < 1.29 is 9.90 Å². The molecule has 1 fully saturated rings. The van der Waals surface area contributed by atoms with Crippen molar-refractivity contribution in [1.82, 2.24) is 10.2 Å². The first kappa shape index (κ1) is 7.50. The van der Waals surface area contributed by atoms with E-state index in [1.165, 1.54) is 0 Å². The molecule has 0 amide bonds. The van der Waals surface area contributed by atoms with E-state index in [9.17, 15) is 4.79 Å². The van der Waals surface area contributed by atoms with Crippen molar-refractivity contribution in [2.45, 2.75) is 6.04 Å². The second-order valence-corrected chi connectivity index (χ2v) is 2.62. The summed E-state index contributed by atoms with van der Waals surface area (Å²) in [6.45, 7) is 1.99. The van der Waals surface area contributed by atoms with Crippen LogP contribution in [0, 0.1) is 0 Å². The largest absolute Gasteiger partial charge is 0.480 e. The molecule has 4 heteroatoms. The molecule has 58 valence electrons. The number of carboxylic acids is 1. The Kier molecular flexibility index (Phi) is 2.24. The number of carbonyl (C=O) groups is 1. The maximum absolute atomic E-state index is 10.2. The Morgan fingerprint density at radius 3 is 2.70 bits per heavy atom. The molecule has 0 radical (unpaired) electrons. The highest BCUT2D eigenvalue weighted by Gasteiger charge is 2.22. The van der Waals surface area contributed by atoms with Crippen LogP contribution in [-0.2, 0) is 4.79 Å². The molecule has 0 spiro atoms. The lowest BCUT2D eigenvalue weighted by Crippen LogP contribution is -2.56. The van der Waals surface area contributed by atoms with Crippen LogP contribution in [0.4, 0.5) is 0 Å². The molecule has 0 atom stereocenters. The van der Waals surface area contributed by atoms with Crippen LogP contribution in [0.1, 0.15) is 0 Å². The van der Waals surface area contributed by atoms with E-state index in [1.54, 1.807) is 0 Å². The minimum atomic E-state index is -0.755. The summed E-state index contributed by atoms with van der Waals surface area (Å²) in [6.07, 6.45) is 0. The third-order valence-electron chi connectivity index (χ3n) is 1.77. The summed E-state index contributed by atoms with van der Waals surface area (Å²) in [7, 11) is 1.83. The Hall–Kier alpha value is -0.610. The highest BCUT2D eigenvalue weighted by molar-refractivity contribution is 5.69. The zero-order valence-corrected chi connectivity index (χ0v) is 6.00. The van der Waals surface area contributed by atoms with E-state index in [2.05, 4.69) is 5.32 Å². The fourth-order valence-electron chi connectivity index (χ4n) is 0.928. The molecule has 0 aromatic carbocycles. The second-order valence-electron chi connectivity index (χ2n) is 2.62. The third kappa shape index (κ3) is 1.68. The molecule has 0 aliphatic carbocycles. The van der Waals surface area contributed by atoms with Gasteiger partial charge < -0.3 is 10.4 Å². The zero-order chi connectivity index (χ0) is 7.56. The van der Waals surface area contributed by atoms with Crippen LogP contribution in [0.5, 0.6) is 0 Å². The number of aliphatic carboxylic acids is 1. The van der Waals surface area contributed by atoms with Crippen molar-refractivity contribution in [1.29, 1.82) is 0 Å². The number of nitrogens with zero attached hydrogens (tertiary/aromatic N) is 1. The molecule has 0 aromatic rings. The quantitative estimate of drug-likeness (QED) is 0.532. The van der Waals surface area contributed by atoms with Gasteiger partial charge in [-0.25, -0.2) is 0 Å². The smallest absolute Gasteiger partial charge is 0.317 e. The molecular weight excluding hydrogens is 132 g/mol. The van der Waals surface area contributed by atoms with E-state index in [4.69, 9.17) is 5.11 Å². The van der Waals surface area contributed by atoms with Crippen LogP contribution in [0.3, 0.4) is 0 Å². The molecule has 10 heavy (non-hydrogen) atoms. The zero-order valence-electron chi connectivity index (χ0n) is 6.00. The summed E-state index contributed by atoms with van der Waals surface area (Å²) in [5, 5.41) is 11.5. The van der Waals surface area contributed by atoms with E-state index < -0.39 is 5.97 Å². The second kappa shape index (κ2) is 2.98. The molecule has 1 heterocycles. The van der Waals surface area contributed by atoms with Crippen LogP contribution in [0.25, 0.3) is 0 Å². The normalized spacial score (nSPS) is 19.0. The first-order valence-corrected chi connectivity index (χ1v) is 3.33. The van der Waals surface area contributed by atoms with Crippen LogP contribution < -0.4 is 5.32 Å². The molecule has 0 bridgehead atoms. The fraction of sp³-hybridized carbons (Fsp3) is 0.833. The molecule has 0 unspecified atom stereocenters. The van der Waals surface area contributed by atoms with Crippen LogP contribution in [-0.4, -0.2) is 48.7 Å². The minimum Gasteiger partial charge on any atom is -0.480 e. The first-order valence-electron chi connectivity index (χ1n) is 3.33. The van der Waals surface area contributed by atoms with Gasteiger partial charge in [-0.3, -0.25) is 9.69 Å². The molecule has 1 aliphatic heterocycles. The molecule has 0 saturated carbocycles. The summed E-state index contributed by atoms with van der Waals surface area (Å²) in [5.74, 6) is -0.755. The number of hydrogen-bond acceptors (Lipinski definition) is 3. The van der Waals surface area contributed by atoms with Crippen LogP contribution >= 0.6 is 0 Å². The van der Waals surface area contributed by atoms with Crippen molar-refractivity contribution in [2.75, 3.05) is 26.7 Å². The number of nitrogens with one attached hydrogen (secondary N) is 1. The predicted molar refractivity (Wildman–Crippen MR) is 36.9 cm³/mol. The van der Waals surface area contributed by atoms with Gasteiger partial charge in [-0.05, 0) is 7.05 Å². The maximum Gasteiger partial charge on any atom is 0.317 e. The summed E-state index contributed by atoms with van der Waals surface area (Å²) in [4.78, 5) is 12.0. The Bertz CT molecular complexity index is 134. The van der Waals surface area contributed by atoms with Gasteiger partial charge in [0.05, 0.1) is 6.54 Å². The number of hydrogen-bond donors (Lipinski definition) is 2. The lowest BCUT2D eigenvalue weighted by atomic mass is 10.1. The highest BCUT2D eigenvalue weighted by Crippen LogP contribution is 2.00. The number of carboxylic acid groups (broad SMARTS) is 1. The van der Waals surface area contributed by atoms with Gasteiger partial charge in [-0.15, -0.1) is 0 Å². The Morgan fingerprint density at radius 1 is 1.80 bits per heavy atom. The molecule has 4 nitrogen and oxygen atoms in total. The lowest BCUT2D eigenvalue weighted by molar-refractivity contribution is -0.138. The molecule has 0 aromatic heterocycles. The van der Waals surface area contributed by atoms with E-state index in [1.807, 2.05) is 11.9 Å². The topological polar surface area (TPSA) is 52.6 Å². The summed E-state index contributed by atoms with van der Waals surface area (Å²) < 4.78 is 0. The highest BCUT2D eigenvalue weighted by atomic mass is 16.4. The molecule has 1 rings (SSSR count). The molecule has 1 aliphatic rings. The van der Waals surface area contributed by atoms with Gasteiger partial charge in [0.15, 0.2) is 0 Å². The van der Waals surface area contributed by atoms with Gasteiger partial charge in [0.1, 0.15) is 0 Å². The average molecular weight is 144 g/mol. The maximum atomic E-state index is 10.2. The Balaban J connectivity index is 2.19. The van der Waals surface area contributed by atoms with Crippen LogP contribution in [0.2, 0.25) is 0 Å². The summed E-state index contributed by atoms with van der Waals surface area (Å²) in [6, 6.07) is 0.427. The van der Waals surface area contributed by atoms with Crippen molar-refractivity contribution in [3.8, 4) is 0 Å². The van der Waals surface area contributed by atoms with Crippen molar-refractivity contribution in [3.63, 3.8) is 0 Å². The summed E-state index contributed by atoms with van der Waals surface area (Å²) >= 11 is 0. The van der Waals surface area contributed by atoms with Gasteiger partial charge in [0.25, 0.3) is 0 Å². The van der Waals surface area contributed by atoms with Gasteiger partial charge in [-0.2, -0.15) is 0 Å². The number of likely N-dealkylation sites (N-methyl/N-ethyl adjacent to an activating group) is 1. The molecule has 1 saturated heterocycles. The first-order chi connectivity index (χ1) is 4.70. The van der Waals surface area contributed by atoms with Crippen LogP contribution in [0.15, 0.2) is 0 Å². The van der Waals surface area contributed by atoms with Gasteiger partial charge in [-0.1, -0.05) is 0 Å². The minimum absolute atomic E-state index is 0.145. The van der Waals surface area contributed by atoms with E-state index in [0.717, 1.165) is 13.1 Å². The fourth-order valence-corrected chi connectivity index (χ4v) is 0.928. The predicted octanol–water partition coefficient (Wildman–Crippen LogP) is -1.03. The average Bonchev–Trinajstić information content (AvgIpc) is 1.55.